The summed E-state index contributed by atoms with van der Waals surface area (Å²) in [5.74, 6) is 1.59. The van der Waals surface area contributed by atoms with Crippen LogP contribution in [0.2, 0.25) is 0 Å². The molecule has 0 saturated carbocycles. The maximum absolute atomic E-state index is 5.88. The Balaban J connectivity index is 2.15. The molecule has 0 atom stereocenters. The molecular weight excluding hydrogens is 242 g/mol. The van der Waals surface area contributed by atoms with Gasteiger partial charge in [0.05, 0.1) is 13.2 Å². The van der Waals surface area contributed by atoms with E-state index in [1.165, 1.54) is 0 Å². The minimum Gasteiger partial charge on any atom is -0.494 e. The Labute approximate surface area is 112 Å². The third-order valence-corrected chi connectivity index (χ3v) is 2.74. The predicted octanol–water partition coefficient (Wildman–Crippen LogP) is 2.60. The zero-order valence-electron chi connectivity index (χ0n) is 11.5. The van der Waals surface area contributed by atoms with Gasteiger partial charge in [0.25, 0.3) is 0 Å². The average molecular weight is 261 g/mol. The van der Waals surface area contributed by atoms with Crippen LogP contribution in [0.3, 0.4) is 0 Å². The van der Waals surface area contributed by atoms with Crippen molar-refractivity contribution in [1.29, 1.82) is 0 Å². The number of anilines is 2. The molecule has 1 heterocycles. The number of nitrogens with zero attached hydrogens (tertiary/aromatic N) is 2. The van der Waals surface area contributed by atoms with Crippen molar-refractivity contribution >= 4 is 11.4 Å². The van der Waals surface area contributed by atoms with Crippen LogP contribution < -0.4 is 15.4 Å². The van der Waals surface area contributed by atoms with Crippen LogP contribution in [0.25, 0.3) is 0 Å². The third kappa shape index (κ3) is 3.40. The molecule has 1 aromatic heterocycles. The molecule has 0 spiro atoms. The zero-order chi connectivity index (χ0) is 13.8. The number of nitrogens with two attached hydrogens (primary N) is 1. The van der Waals surface area contributed by atoms with Gasteiger partial charge in [-0.1, -0.05) is 5.16 Å². The summed E-state index contributed by atoms with van der Waals surface area (Å²) in [7, 11) is 1.98. The van der Waals surface area contributed by atoms with E-state index in [9.17, 15) is 0 Å². The molecule has 0 saturated heterocycles. The van der Waals surface area contributed by atoms with Crippen LogP contribution in [-0.2, 0) is 6.54 Å². The van der Waals surface area contributed by atoms with Gasteiger partial charge in [0.15, 0.2) is 0 Å². The van der Waals surface area contributed by atoms with Gasteiger partial charge < -0.3 is 19.9 Å². The van der Waals surface area contributed by atoms with Crippen LogP contribution >= 0.6 is 0 Å². The smallest absolute Gasteiger partial charge is 0.133 e. The second-order valence-electron chi connectivity index (χ2n) is 4.48. The van der Waals surface area contributed by atoms with Crippen molar-refractivity contribution in [2.75, 3.05) is 24.3 Å². The SMILES string of the molecule is CCOc1cc(N)cc(N(C)Cc2cc(C)on2)c1. The lowest BCUT2D eigenvalue weighted by Gasteiger charge is -2.19. The number of aromatic nitrogens is 1. The molecule has 0 aliphatic carbocycles. The molecule has 5 nitrogen and oxygen atoms in total. The Hall–Kier alpha value is -2.17. The van der Waals surface area contributed by atoms with Gasteiger partial charge in [-0.3, -0.25) is 0 Å². The van der Waals surface area contributed by atoms with Crippen molar-refractivity contribution in [3.8, 4) is 5.75 Å². The van der Waals surface area contributed by atoms with Crippen molar-refractivity contribution < 1.29 is 9.26 Å². The van der Waals surface area contributed by atoms with Crippen molar-refractivity contribution in [2.24, 2.45) is 0 Å². The predicted molar refractivity (Wildman–Crippen MR) is 75.4 cm³/mol. The van der Waals surface area contributed by atoms with Crippen molar-refractivity contribution in [3.63, 3.8) is 0 Å². The monoisotopic (exact) mass is 261 g/mol. The molecule has 2 aromatic rings. The molecule has 2 rings (SSSR count). The lowest BCUT2D eigenvalue weighted by atomic mass is 10.2. The quantitative estimate of drug-likeness (QED) is 0.838. The van der Waals surface area contributed by atoms with Crippen LogP contribution in [0.4, 0.5) is 11.4 Å². The summed E-state index contributed by atoms with van der Waals surface area (Å²) in [5.41, 5.74) is 8.45. The van der Waals surface area contributed by atoms with E-state index in [4.69, 9.17) is 15.0 Å². The number of rotatable bonds is 5. The fraction of sp³-hybridized carbons (Fsp3) is 0.357. The number of ether oxygens (including phenoxy) is 1. The van der Waals surface area contributed by atoms with Gasteiger partial charge in [0.2, 0.25) is 0 Å². The Kier molecular flexibility index (Phi) is 3.94. The standard InChI is InChI=1S/C14H19N3O2/c1-4-18-14-7-11(15)6-13(8-14)17(3)9-12-5-10(2)19-16-12/h5-8H,4,9,15H2,1-3H3. The molecule has 102 valence electrons. The van der Waals surface area contributed by atoms with Crippen molar-refractivity contribution in [3.05, 3.63) is 35.7 Å². The van der Waals surface area contributed by atoms with E-state index in [2.05, 4.69) is 10.1 Å². The Morgan fingerprint density at radius 1 is 1.32 bits per heavy atom. The van der Waals surface area contributed by atoms with Crippen LogP contribution in [0, 0.1) is 6.92 Å². The summed E-state index contributed by atoms with van der Waals surface area (Å²) in [5, 5.41) is 3.98. The van der Waals surface area contributed by atoms with E-state index in [0.717, 1.165) is 22.9 Å². The van der Waals surface area contributed by atoms with E-state index in [1.807, 2.05) is 45.2 Å². The number of nitrogen functional groups attached to an aromatic ring is 1. The molecule has 1 aromatic carbocycles. The fourth-order valence-electron chi connectivity index (χ4n) is 1.90. The topological polar surface area (TPSA) is 64.5 Å². The van der Waals surface area contributed by atoms with E-state index >= 15 is 0 Å². The average Bonchev–Trinajstić information content (AvgIpc) is 2.74. The molecule has 5 heteroatoms. The number of hydrogen-bond donors (Lipinski definition) is 1. The second-order valence-corrected chi connectivity index (χ2v) is 4.48. The van der Waals surface area contributed by atoms with Gasteiger partial charge >= 0.3 is 0 Å². The first-order chi connectivity index (χ1) is 9.08. The van der Waals surface area contributed by atoms with Crippen molar-refractivity contribution in [2.45, 2.75) is 20.4 Å². The minimum absolute atomic E-state index is 0.620. The Bertz CT molecular complexity index is 551. The fourth-order valence-corrected chi connectivity index (χ4v) is 1.90. The van der Waals surface area contributed by atoms with Crippen LogP contribution in [0.15, 0.2) is 28.8 Å². The number of benzene rings is 1. The Morgan fingerprint density at radius 3 is 2.74 bits per heavy atom. The van der Waals surface area contributed by atoms with E-state index in [-0.39, 0.29) is 0 Å². The molecule has 0 amide bonds. The molecule has 0 radical (unpaired) electrons. The number of aryl methyl sites for hydroxylation is 1. The maximum Gasteiger partial charge on any atom is 0.133 e. The van der Waals surface area contributed by atoms with Gasteiger partial charge in [-0.05, 0) is 19.9 Å². The summed E-state index contributed by atoms with van der Waals surface area (Å²) in [6, 6.07) is 7.62. The second kappa shape index (κ2) is 5.65. The lowest BCUT2D eigenvalue weighted by molar-refractivity contribution is 0.340. The van der Waals surface area contributed by atoms with Crippen molar-refractivity contribution in [1.82, 2.24) is 5.16 Å². The summed E-state index contributed by atoms with van der Waals surface area (Å²) >= 11 is 0. The minimum atomic E-state index is 0.620. The van der Waals surface area contributed by atoms with Crippen LogP contribution in [0.1, 0.15) is 18.4 Å². The summed E-state index contributed by atoms with van der Waals surface area (Å²) < 4.78 is 10.6. The van der Waals surface area contributed by atoms with Crippen LogP contribution in [-0.4, -0.2) is 18.8 Å². The molecule has 0 bridgehead atoms. The van der Waals surface area contributed by atoms with E-state index in [0.29, 0.717) is 18.8 Å². The highest BCUT2D eigenvalue weighted by Gasteiger charge is 2.08. The first-order valence-electron chi connectivity index (χ1n) is 6.25. The van der Waals surface area contributed by atoms with E-state index in [1.54, 1.807) is 0 Å². The Morgan fingerprint density at radius 2 is 2.11 bits per heavy atom. The first-order valence-corrected chi connectivity index (χ1v) is 6.25. The zero-order valence-corrected chi connectivity index (χ0v) is 11.5. The molecule has 19 heavy (non-hydrogen) atoms. The summed E-state index contributed by atoms with van der Waals surface area (Å²) in [4.78, 5) is 2.05. The summed E-state index contributed by atoms with van der Waals surface area (Å²) in [6.07, 6.45) is 0. The molecule has 0 aliphatic heterocycles. The third-order valence-electron chi connectivity index (χ3n) is 2.74. The molecule has 0 aliphatic rings. The van der Waals surface area contributed by atoms with Gasteiger partial charge in [-0.25, -0.2) is 0 Å². The van der Waals surface area contributed by atoms with Gasteiger partial charge in [0.1, 0.15) is 17.2 Å². The van der Waals surface area contributed by atoms with E-state index < -0.39 is 0 Å². The molecule has 0 unspecified atom stereocenters. The summed E-state index contributed by atoms with van der Waals surface area (Å²) in [6.45, 7) is 5.11. The number of hydrogen-bond acceptors (Lipinski definition) is 5. The van der Waals surface area contributed by atoms with Gasteiger partial charge in [-0.15, -0.1) is 0 Å². The molecule has 2 N–H and O–H groups in total. The van der Waals surface area contributed by atoms with Gasteiger partial charge in [0, 0.05) is 36.6 Å². The van der Waals surface area contributed by atoms with Crippen LogP contribution in [0.5, 0.6) is 5.75 Å². The highest BCUT2D eigenvalue weighted by atomic mass is 16.5. The highest BCUT2D eigenvalue weighted by Crippen LogP contribution is 2.25. The first kappa shape index (κ1) is 13.3. The largest absolute Gasteiger partial charge is 0.494 e. The lowest BCUT2D eigenvalue weighted by Crippen LogP contribution is -2.16. The normalized spacial score (nSPS) is 10.5. The molecule has 0 fully saturated rings. The maximum atomic E-state index is 5.88. The molecular formula is C14H19N3O2. The highest BCUT2D eigenvalue weighted by molar-refractivity contribution is 5.60. The van der Waals surface area contributed by atoms with Gasteiger partial charge in [-0.2, -0.15) is 0 Å².